The molecule has 3 nitrogen and oxygen atoms in total. The summed E-state index contributed by atoms with van der Waals surface area (Å²) < 4.78 is 5.56. The summed E-state index contributed by atoms with van der Waals surface area (Å²) in [5.41, 5.74) is 2.71. The number of rotatable bonds is 1. The highest BCUT2D eigenvalue weighted by Gasteiger charge is 2.23. The Balaban J connectivity index is 1.95. The van der Waals surface area contributed by atoms with Gasteiger partial charge in [0.1, 0.15) is 12.4 Å². The van der Waals surface area contributed by atoms with Crippen molar-refractivity contribution in [2.45, 2.75) is 6.92 Å². The van der Waals surface area contributed by atoms with Gasteiger partial charge < -0.3 is 9.64 Å². The molecule has 2 aromatic rings. The number of nitrogens with zero attached hydrogens (tertiary/aromatic N) is 1. The van der Waals surface area contributed by atoms with Crippen LogP contribution >= 0.6 is 0 Å². The molecule has 3 heteroatoms. The Kier molecular flexibility index (Phi) is 2.95. The number of carbonyl (C=O) groups is 1. The van der Waals surface area contributed by atoms with E-state index in [1.165, 1.54) is 0 Å². The molecule has 1 aliphatic heterocycles. The number of carbonyl (C=O) groups excluding carboxylic acids is 1. The minimum atomic E-state index is 0.0238. The highest BCUT2D eigenvalue weighted by Crippen LogP contribution is 2.31. The summed E-state index contributed by atoms with van der Waals surface area (Å²) >= 11 is 0. The molecule has 0 unspecified atom stereocenters. The molecule has 0 radical (unpaired) electrons. The molecule has 1 amide bonds. The zero-order valence-electron chi connectivity index (χ0n) is 10.8. The average Bonchev–Trinajstić information content (AvgIpc) is 2.47. The third kappa shape index (κ3) is 2.19. The molecule has 2 aromatic carbocycles. The minimum Gasteiger partial charge on any atom is -0.490 e. The zero-order valence-corrected chi connectivity index (χ0v) is 10.8. The Bertz CT molecular complexity index is 604. The quantitative estimate of drug-likeness (QED) is 0.781. The van der Waals surface area contributed by atoms with E-state index in [4.69, 9.17) is 4.74 Å². The molecule has 0 N–H and O–H groups in total. The molecular formula is C16H15NO2. The summed E-state index contributed by atoms with van der Waals surface area (Å²) in [5.74, 6) is 0.796. The van der Waals surface area contributed by atoms with Crippen molar-refractivity contribution in [3.05, 3.63) is 59.7 Å². The Morgan fingerprint density at radius 2 is 1.84 bits per heavy atom. The fraction of sp³-hybridized carbons (Fsp3) is 0.188. The molecule has 0 spiro atoms. The van der Waals surface area contributed by atoms with Gasteiger partial charge in [0.05, 0.1) is 12.2 Å². The van der Waals surface area contributed by atoms with Crippen LogP contribution in [0.3, 0.4) is 0 Å². The van der Waals surface area contributed by atoms with E-state index in [1.807, 2.05) is 55.5 Å². The van der Waals surface area contributed by atoms with Crippen molar-refractivity contribution in [2.24, 2.45) is 0 Å². The first kappa shape index (κ1) is 11.8. The van der Waals surface area contributed by atoms with Crippen LogP contribution in [0.25, 0.3) is 0 Å². The van der Waals surface area contributed by atoms with Crippen LogP contribution in [0.15, 0.2) is 48.5 Å². The van der Waals surface area contributed by atoms with E-state index in [0.717, 1.165) is 17.0 Å². The van der Waals surface area contributed by atoms with E-state index >= 15 is 0 Å². The average molecular weight is 253 g/mol. The van der Waals surface area contributed by atoms with Crippen molar-refractivity contribution in [2.75, 3.05) is 18.1 Å². The third-order valence-corrected chi connectivity index (χ3v) is 3.27. The van der Waals surface area contributed by atoms with E-state index in [9.17, 15) is 4.79 Å². The molecule has 3 rings (SSSR count). The summed E-state index contributed by atoms with van der Waals surface area (Å²) in [6.45, 7) is 3.14. The minimum absolute atomic E-state index is 0.0238. The van der Waals surface area contributed by atoms with Crippen LogP contribution < -0.4 is 9.64 Å². The maximum Gasteiger partial charge on any atom is 0.258 e. The molecule has 96 valence electrons. The van der Waals surface area contributed by atoms with Crippen LogP contribution in [0.4, 0.5) is 5.69 Å². The lowest BCUT2D eigenvalue weighted by Crippen LogP contribution is -2.37. The summed E-state index contributed by atoms with van der Waals surface area (Å²) in [6.07, 6.45) is 0. The van der Waals surface area contributed by atoms with Crippen LogP contribution in [-0.2, 0) is 0 Å². The van der Waals surface area contributed by atoms with Gasteiger partial charge in [-0.3, -0.25) is 4.79 Å². The number of benzene rings is 2. The van der Waals surface area contributed by atoms with Gasteiger partial charge in [-0.05, 0) is 31.2 Å². The van der Waals surface area contributed by atoms with Gasteiger partial charge >= 0.3 is 0 Å². The predicted molar refractivity (Wildman–Crippen MR) is 74.8 cm³/mol. The van der Waals surface area contributed by atoms with Crippen LogP contribution in [0.2, 0.25) is 0 Å². The monoisotopic (exact) mass is 253 g/mol. The van der Waals surface area contributed by atoms with E-state index in [-0.39, 0.29) is 5.91 Å². The van der Waals surface area contributed by atoms with Crippen molar-refractivity contribution in [1.82, 2.24) is 0 Å². The first-order chi connectivity index (χ1) is 9.25. The second-order valence-corrected chi connectivity index (χ2v) is 4.64. The number of anilines is 1. The summed E-state index contributed by atoms with van der Waals surface area (Å²) in [7, 11) is 0. The first-order valence-electron chi connectivity index (χ1n) is 6.36. The van der Waals surface area contributed by atoms with E-state index in [2.05, 4.69) is 0 Å². The Morgan fingerprint density at radius 1 is 1.11 bits per heavy atom. The molecule has 0 saturated carbocycles. The van der Waals surface area contributed by atoms with Crippen LogP contribution in [0.5, 0.6) is 5.75 Å². The largest absolute Gasteiger partial charge is 0.490 e. The van der Waals surface area contributed by atoms with Crippen LogP contribution in [-0.4, -0.2) is 19.1 Å². The maximum atomic E-state index is 12.5. The Labute approximate surface area is 112 Å². The zero-order chi connectivity index (χ0) is 13.2. The van der Waals surface area contributed by atoms with Gasteiger partial charge in [-0.25, -0.2) is 0 Å². The van der Waals surface area contributed by atoms with Gasteiger partial charge in [0.25, 0.3) is 5.91 Å². The predicted octanol–water partition coefficient (Wildman–Crippen LogP) is 3.03. The van der Waals surface area contributed by atoms with Crippen molar-refractivity contribution in [3.8, 4) is 5.75 Å². The van der Waals surface area contributed by atoms with E-state index < -0.39 is 0 Å². The highest BCUT2D eigenvalue weighted by atomic mass is 16.5. The third-order valence-electron chi connectivity index (χ3n) is 3.27. The normalized spacial score (nSPS) is 13.6. The molecule has 0 fully saturated rings. The number of hydrogen-bond donors (Lipinski definition) is 0. The molecule has 0 bridgehead atoms. The number of hydrogen-bond acceptors (Lipinski definition) is 2. The molecule has 0 saturated heterocycles. The maximum absolute atomic E-state index is 12.5. The lowest BCUT2D eigenvalue weighted by atomic mass is 10.1. The standard InChI is InChI=1S/C16H15NO2/c1-12-6-8-13(9-7-12)16(18)17-10-11-19-15-5-3-2-4-14(15)17/h2-9H,10-11H2,1H3. The summed E-state index contributed by atoms with van der Waals surface area (Å²) in [5, 5.41) is 0. The van der Waals surface area contributed by atoms with Crippen LogP contribution in [0.1, 0.15) is 15.9 Å². The first-order valence-corrected chi connectivity index (χ1v) is 6.36. The van der Waals surface area contributed by atoms with Crippen molar-refractivity contribution in [3.63, 3.8) is 0 Å². The van der Waals surface area contributed by atoms with Crippen LogP contribution in [0, 0.1) is 6.92 Å². The van der Waals surface area contributed by atoms with Crippen molar-refractivity contribution >= 4 is 11.6 Å². The van der Waals surface area contributed by atoms with Crippen molar-refractivity contribution < 1.29 is 9.53 Å². The SMILES string of the molecule is Cc1ccc(C(=O)N2CCOc3ccccc32)cc1. The lowest BCUT2D eigenvalue weighted by molar-refractivity contribution is 0.0976. The number of amides is 1. The van der Waals surface area contributed by atoms with Gasteiger partial charge in [0.2, 0.25) is 0 Å². The van der Waals surface area contributed by atoms with Gasteiger partial charge in [-0.15, -0.1) is 0 Å². The molecule has 19 heavy (non-hydrogen) atoms. The molecular weight excluding hydrogens is 238 g/mol. The Hall–Kier alpha value is -2.29. The van der Waals surface area contributed by atoms with Gasteiger partial charge in [0.15, 0.2) is 0 Å². The second-order valence-electron chi connectivity index (χ2n) is 4.64. The molecule has 1 heterocycles. The molecule has 1 aliphatic rings. The van der Waals surface area contributed by atoms with E-state index in [1.54, 1.807) is 4.90 Å². The fourth-order valence-corrected chi connectivity index (χ4v) is 2.23. The lowest BCUT2D eigenvalue weighted by Gasteiger charge is -2.29. The summed E-state index contributed by atoms with van der Waals surface area (Å²) in [6, 6.07) is 15.3. The van der Waals surface area contributed by atoms with Gasteiger partial charge in [0, 0.05) is 5.56 Å². The second kappa shape index (κ2) is 4.76. The number of ether oxygens (including phenoxy) is 1. The van der Waals surface area contributed by atoms with Gasteiger partial charge in [-0.2, -0.15) is 0 Å². The molecule has 0 aromatic heterocycles. The fourth-order valence-electron chi connectivity index (χ4n) is 2.23. The molecule has 0 atom stereocenters. The van der Waals surface area contributed by atoms with Crippen molar-refractivity contribution in [1.29, 1.82) is 0 Å². The number of fused-ring (bicyclic) bond motifs is 1. The number of para-hydroxylation sites is 2. The van der Waals surface area contributed by atoms with Gasteiger partial charge in [-0.1, -0.05) is 29.8 Å². The van der Waals surface area contributed by atoms with E-state index in [0.29, 0.717) is 18.7 Å². The topological polar surface area (TPSA) is 29.5 Å². The number of aryl methyl sites for hydroxylation is 1. The molecule has 0 aliphatic carbocycles. The smallest absolute Gasteiger partial charge is 0.258 e. The Morgan fingerprint density at radius 3 is 2.63 bits per heavy atom. The summed E-state index contributed by atoms with van der Waals surface area (Å²) in [4.78, 5) is 14.3. The highest BCUT2D eigenvalue weighted by molar-refractivity contribution is 6.07.